The van der Waals surface area contributed by atoms with Crippen LogP contribution in [0.3, 0.4) is 0 Å². The summed E-state index contributed by atoms with van der Waals surface area (Å²) in [5.41, 5.74) is 1.96. The zero-order valence-electron chi connectivity index (χ0n) is 13.6. The minimum atomic E-state index is -0.0403. The Morgan fingerprint density at radius 2 is 1.88 bits per heavy atom. The molecule has 0 fully saturated rings. The van der Waals surface area contributed by atoms with Crippen LogP contribution in [0.1, 0.15) is 17.9 Å². The Kier molecular flexibility index (Phi) is 5.80. The number of carbonyl (C=O) groups is 1. The first-order chi connectivity index (χ1) is 12.2. The standard InChI is InChI=1S/C19H18ClN3O2/c20-16-8-4-5-14(13-16)11-12-21-17(24)9-10-18-22-23-19(25-18)15-6-2-1-3-7-15/h1-8,13H,9-12H2,(H,21,24). The molecule has 0 aliphatic heterocycles. The number of nitrogens with one attached hydrogen (secondary N) is 1. The minimum Gasteiger partial charge on any atom is -0.421 e. The van der Waals surface area contributed by atoms with Crippen molar-refractivity contribution >= 4 is 17.5 Å². The van der Waals surface area contributed by atoms with E-state index in [-0.39, 0.29) is 5.91 Å². The van der Waals surface area contributed by atoms with E-state index in [1.807, 2.05) is 54.6 Å². The largest absolute Gasteiger partial charge is 0.421 e. The molecule has 0 aliphatic carbocycles. The number of amides is 1. The van der Waals surface area contributed by atoms with Gasteiger partial charge in [-0.15, -0.1) is 10.2 Å². The highest BCUT2D eigenvalue weighted by atomic mass is 35.5. The molecule has 6 heteroatoms. The van der Waals surface area contributed by atoms with Gasteiger partial charge in [0.1, 0.15) is 0 Å². The summed E-state index contributed by atoms with van der Waals surface area (Å²) in [4.78, 5) is 11.9. The number of hydrogen-bond donors (Lipinski definition) is 1. The second-order valence-electron chi connectivity index (χ2n) is 5.60. The van der Waals surface area contributed by atoms with E-state index < -0.39 is 0 Å². The monoisotopic (exact) mass is 355 g/mol. The van der Waals surface area contributed by atoms with Crippen LogP contribution in [0.25, 0.3) is 11.5 Å². The quantitative estimate of drug-likeness (QED) is 0.702. The van der Waals surface area contributed by atoms with E-state index in [9.17, 15) is 4.79 Å². The van der Waals surface area contributed by atoms with E-state index in [0.717, 1.165) is 17.5 Å². The summed E-state index contributed by atoms with van der Waals surface area (Å²) in [6.07, 6.45) is 1.47. The highest BCUT2D eigenvalue weighted by Crippen LogP contribution is 2.17. The van der Waals surface area contributed by atoms with Crippen molar-refractivity contribution in [2.75, 3.05) is 6.54 Å². The lowest BCUT2D eigenvalue weighted by Crippen LogP contribution is -2.25. The average molecular weight is 356 g/mol. The van der Waals surface area contributed by atoms with Crippen LogP contribution in [-0.4, -0.2) is 22.6 Å². The Balaban J connectivity index is 1.43. The van der Waals surface area contributed by atoms with Gasteiger partial charge in [-0.3, -0.25) is 4.79 Å². The maximum absolute atomic E-state index is 11.9. The maximum atomic E-state index is 11.9. The summed E-state index contributed by atoms with van der Waals surface area (Å²) in [5, 5.41) is 11.6. The number of benzene rings is 2. The van der Waals surface area contributed by atoms with Crippen molar-refractivity contribution in [2.45, 2.75) is 19.3 Å². The predicted octanol–water partition coefficient (Wildman–Crippen LogP) is 3.68. The predicted molar refractivity (Wildman–Crippen MR) is 96.2 cm³/mol. The summed E-state index contributed by atoms with van der Waals surface area (Å²) in [6, 6.07) is 17.2. The van der Waals surface area contributed by atoms with Crippen LogP contribution in [0.5, 0.6) is 0 Å². The fraction of sp³-hybridized carbons (Fsp3) is 0.211. The molecular formula is C19H18ClN3O2. The van der Waals surface area contributed by atoms with Gasteiger partial charge in [0.05, 0.1) is 0 Å². The zero-order chi connectivity index (χ0) is 17.5. The molecule has 0 bridgehead atoms. The van der Waals surface area contributed by atoms with E-state index in [0.29, 0.717) is 36.2 Å². The molecule has 1 N–H and O–H groups in total. The summed E-state index contributed by atoms with van der Waals surface area (Å²) in [7, 11) is 0. The third-order valence-electron chi connectivity index (χ3n) is 3.68. The van der Waals surface area contributed by atoms with Crippen molar-refractivity contribution < 1.29 is 9.21 Å². The number of nitrogens with zero attached hydrogens (tertiary/aromatic N) is 2. The van der Waals surface area contributed by atoms with E-state index in [1.165, 1.54) is 0 Å². The fourth-order valence-electron chi connectivity index (χ4n) is 2.40. The second kappa shape index (κ2) is 8.44. The molecule has 0 saturated heterocycles. The number of carbonyl (C=O) groups excluding carboxylic acids is 1. The number of aryl methyl sites for hydroxylation is 1. The van der Waals surface area contributed by atoms with Gasteiger partial charge in [-0.25, -0.2) is 0 Å². The molecule has 3 rings (SSSR count). The van der Waals surface area contributed by atoms with E-state index >= 15 is 0 Å². The molecule has 0 spiro atoms. The summed E-state index contributed by atoms with van der Waals surface area (Å²) in [5.74, 6) is 0.891. The third-order valence-corrected chi connectivity index (χ3v) is 3.91. The molecule has 0 atom stereocenters. The molecule has 2 aromatic carbocycles. The minimum absolute atomic E-state index is 0.0403. The van der Waals surface area contributed by atoms with Crippen LogP contribution < -0.4 is 5.32 Å². The lowest BCUT2D eigenvalue weighted by atomic mass is 10.1. The molecule has 25 heavy (non-hydrogen) atoms. The van der Waals surface area contributed by atoms with Gasteiger partial charge in [0.15, 0.2) is 0 Å². The smallest absolute Gasteiger partial charge is 0.247 e. The molecule has 1 amide bonds. The maximum Gasteiger partial charge on any atom is 0.247 e. The molecule has 0 radical (unpaired) electrons. The van der Waals surface area contributed by atoms with Gasteiger partial charge < -0.3 is 9.73 Å². The van der Waals surface area contributed by atoms with Crippen LogP contribution in [0.2, 0.25) is 5.02 Å². The van der Waals surface area contributed by atoms with Crippen LogP contribution in [0.15, 0.2) is 59.0 Å². The lowest BCUT2D eigenvalue weighted by molar-refractivity contribution is -0.121. The van der Waals surface area contributed by atoms with Crippen LogP contribution in [-0.2, 0) is 17.6 Å². The number of halogens is 1. The van der Waals surface area contributed by atoms with Gasteiger partial charge in [0.2, 0.25) is 17.7 Å². The lowest BCUT2D eigenvalue weighted by Gasteiger charge is -2.05. The fourth-order valence-corrected chi connectivity index (χ4v) is 2.61. The van der Waals surface area contributed by atoms with E-state index in [4.69, 9.17) is 16.0 Å². The summed E-state index contributed by atoms with van der Waals surface area (Å²) < 4.78 is 5.59. The first-order valence-electron chi connectivity index (χ1n) is 8.09. The number of rotatable bonds is 7. The Morgan fingerprint density at radius 3 is 2.68 bits per heavy atom. The second-order valence-corrected chi connectivity index (χ2v) is 6.03. The van der Waals surface area contributed by atoms with Gasteiger partial charge in [0, 0.05) is 30.0 Å². The van der Waals surface area contributed by atoms with Crippen molar-refractivity contribution in [1.82, 2.24) is 15.5 Å². The molecule has 5 nitrogen and oxygen atoms in total. The Bertz CT molecular complexity index is 833. The van der Waals surface area contributed by atoms with Gasteiger partial charge in [-0.05, 0) is 36.2 Å². The molecule has 1 heterocycles. The van der Waals surface area contributed by atoms with E-state index in [2.05, 4.69) is 15.5 Å². The third kappa shape index (κ3) is 5.16. The van der Waals surface area contributed by atoms with E-state index in [1.54, 1.807) is 0 Å². The van der Waals surface area contributed by atoms with Crippen LogP contribution in [0.4, 0.5) is 0 Å². The highest BCUT2D eigenvalue weighted by Gasteiger charge is 2.10. The number of aromatic nitrogens is 2. The summed E-state index contributed by atoms with van der Waals surface area (Å²) in [6.45, 7) is 0.568. The SMILES string of the molecule is O=C(CCc1nnc(-c2ccccc2)o1)NCCc1cccc(Cl)c1. The highest BCUT2D eigenvalue weighted by molar-refractivity contribution is 6.30. The number of hydrogen-bond acceptors (Lipinski definition) is 4. The molecule has 128 valence electrons. The Hall–Kier alpha value is -2.66. The van der Waals surface area contributed by atoms with Gasteiger partial charge >= 0.3 is 0 Å². The Morgan fingerprint density at radius 1 is 1.04 bits per heavy atom. The summed E-state index contributed by atoms with van der Waals surface area (Å²) >= 11 is 5.94. The average Bonchev–Trinajstić information content (AvgIpc) is 3.10. The first kappa shape index (κ1) is 17.2. The van der Waals surface area contributed by atoms with Gasteiger partial charge in [-0.2, -0.15) is 0 Å². The molecule has 0 saturated carbocycles. The van der Waals surface area contributed by atoms with Crippen molar-refractivity contribution in [3.63, 3.8) is 0 Å². The topological polar surface area (TPSA) is 68.0 Å². The van der Waals surface area contributed by atoms with Crippen molar-refractivity contribution in [3.8, 4) is 11.5 Å². The van der Waals surface area contributed by atoms with Crippen LogP contribution >= 0.6 is 11.6 Å². The van der Waals surface area contributed by atoms with Crippen molar-refractivity contribution in [2.24, 2.45) is 0 Å². The van der Waals surface area contributed by atoms with Crippen molar-refractivity contribution in [1.29, 1.82) is 0 Å². The van der Waals surface area contributed by atoms with Gasteiger partial charge in [0.25, 0.3) is 0 Å². The molecular weight excluding hydrogens is 338 g/mol. The zero-order valence-corrected chi connectivity index (χ0v) is 14.4. The van der Waals surface area contributed by atoms with Crippen LogP contribution in [0, 0.1) is 0 Å². The normalized spacial score (nSPS) is 10.6. The van der Waals surface area contributed by atoms with Gasteiger partial charge in [-0.1, -0.05) is 41.9 Å². The first-order valence-corrected chi connectivity index (χ1v) is 8.47. The molecule has 1 aromatic heterocycles. The molecule has 3 aromatic rings. The Labute approximate surface area is 151 Å². The molecule has 0 unspecified atom stereocenters. The molecule has 0 aliphatic rings. The van der Waals surface area contributed by atoms with Crippen molar-refractivity contribution in [3.05, 3.63) is 71.1 Å².